The van der Waals surface area contributed by atoms with Crippen LogP contribution >= 0.6 is 0 Å². The fraction of sp³-hybridized carbons (Fsp3) is 0.625. The van der Waals surface area contributed by atoms with Crippen LogP contribution in [0.1, 0.15) is 51.0 Å². The van der Waals surface area contributed by atoms with Crippen molar-refractivity contribution in [2.24, 2.45) is 0 Å². The van der Waals surface area contributed by atoms with Gasteiger partial charge in [0.05, 0.1) is 0 Å². The number of benzene rings is 1. The molecule has 1 saturated carbocycles. The molecule has 0 spiro atoms. The Labute approximate surface area is 106 Å². The lowest BCUT2D eigenvalue weighted by molar-refractivity contribution is 0.165. The summed E-state index contributed by atoms with van der Waals surface area (Å²) >= 11 is 0. The first-order valence-electron chi connectivity index (χ1n) is 7.06. The van der Waals surface area contributed by atoms with Gasteiger partial charge in [0.15, 0.2) is 0 Å². The Bertz CT molecular complexity index is 327. The van der Waals surface area contributed by atoms with Gasteiger partial charge in [0, 0.05) is 11.5 Å². The molecule has 0 bridgehead atoms. The summed E-state index contributed by atoms with van der Waals surface area (Å²) in [5, 5.41) is 3.58. The van der Waals surface area contributed by atoms with Crippen molar-refractivity contribution in [3.8, 4) is 0 Å². The summed E-state index contributed by atoms with van der Waals surface area (Å²) in [5.41, 5.74) is 1.97. The maximum atomic E-state index is 3.58. The van der Waals surface area contributed by atoms with E-state index in [4.69, 9.17) is 0 Å². The molecule has 1 nitrogen and oxygen atoms in total. The van der Waals surface area contributed by atoms with Gasteiger partial charge in [0.1, 0.15) is 0 Å². The highest BCUT2D eigenvalue weighted by atomic mass is 14.9. The standard InChI is InChI=1S/C16H25N/c1-3-4-11-15(17-2)16(12-8-13-16)14-9-6-5-7-10-14/h5-7,9-10,15,17H,3-4,8,11-13H2,1-2H3. The zero-order valence-electron chi connectivity index (χ0n) is 11.2. The summed E-state index contributed by atoms with van der Waals surface area (Å²) in [6.45, 7) is 2.28. The molecule has 1 aromatic carbocycles. The number of hydrogen-bond donors (Lipinski definition) is 1. The molecule has 94 valence electrons. The molecule has 0 aromatic heterocycles. The van der Waals surface area contributed by atoms with Gasteiger partial charge in [-0.3, -0.25) is 0 Å². The van der Waals surface area contributed by atoms with E-state index in [1.807, 2.05) is 0 Å². The van der Waals surface area contributed by atoms with Gasteiger partial charge in [-0.1, -0.05) is 56.5 Å². The first-order chi connectivity index (χ1) is 8.33. The molecule has 0 saturated heterocycles. The first-order valence-corrected chi connectivity index (χ1v) is 7.06. The minimum absolute atomic E-state index is 0.422. The summed E-state index contributed by atoms with van der Waals surface area (Å²) in [7, 11) is 2.13. The third kappa shape index (κ3) is 2.40. The molecule has 1 heteroatoms. The van der Waals surface area contributed by atoms with Crippen molar-refractivity contribution < 1.29 is 0 Å². The molecule has 0 amide bonds. The highest BCUT2D eigenvalue weighted by molar-refractivity contribution is 5.30. The van der Waals surface area contributed by atoms with Crippen molar-refractivity contribution in [3.63, 3.8) is 0 Å². The van der Waals surface area contributed by atoms with Gasteiger partial charge >= 0.3 is 0 Å². The second-order valence-corrected chi connectivity index (χ2v) is 5.36. The average Bonchev–Trinajstić information content (AvgIpc) is 2.33. The summed E-state index contributed by atoms with van der Waals surface area (Å²) in [5.74, 6) is 0. The van der Waals surface area contributed by atoms with Gasteiger partial charge in [0.2, 0.25) is 0 Å². The summed E-state index contributed by atoms with van der Waals surface area (Å²) in [6, 6.07) is 11.8. The van der Waals surface area contributed by atoms with Crippen molar-refractivity contribution in [2.75, 3.05) is 7.05 Å². The Kier molecular flexibility index (Phi) is 4.22. The molecule has 1 aliphatic carbocycles. The van der Waals surface area contributed by atoms with Crippen LogP contribution < -0.4 is 5.32 Å². The number of rotatable bonds is 6. The molecule has 0 heterocycles. The summed E-state index contributed by atoms with van der Waals surface area (Å²) in [6.07, 6.45) is 8.03. The molecule has 1 aromatic rings. The minimum Gasteiger partial charge on any atom is -0.316 e. The Morgan fingerprint density at radius 1 is 1.24 bits per heavy atom. The van der Waals surface area contributed by atoms with E-state index in [1.54, 1.807) is 5.56 Å². The van der Waals surface area contributed by atoms with Gasteiger partial charge in [-0.2, -0.15) is 0 Å². The van der Waals surface area contributed by atoms with E-state index in [2.05, 4.69) is 49.6 Å². The van der Waals surface area contributed by atoms with E-state index in [9.17, 15) is 0 Å². The van der Waals surface area contributed by atoms with E-state index in [0.717, 1.165) is 0 Å². The van der Waals surface area contributed by atoms with Crippen molar-refractivity contribution >= 4 is 0 Å². The fourth-order valence-corrected chi connectivity index (χ4v) is 3.27. The molecule has 0 radical (unpaired) electrons. The second-order valence-electron chi connectivity index (χ2n) is 5.36. The Balaban J connectivity index is 2.18. The van der Waals surface area contributed by atoms with Crippen LogP contribution in [0.25, 0.3) is 0 Å². The first kappa shape index (κ1) is 12.6. The maximum absolute atomic E-state index is 3.58. The van der Waals surface area contributed by atoms with Crippen molar-refractivity contribution in [1.82, 2.24) is 5.32 Å². The highest BCUT2D eigenvalue weighted by Gasteiger charge is 2.44. The van der Waals surface area contributed by atoms with Gasteiger partial charge in [-0.15, -0.1) is 0 Å². The number of hydrogen-bond acceptors (Lipinski definition) is 1. The van der Waals surface area contributed by atoms with Gasteiger partial charge < -0.3 is 5.32 Å². The molecule has 1 fully saturated rings. The van der Waals surface area contributed by atoms with Crippen LogP contribution in [0.2, 0.25) is 0 Å². The van der Waals surface area contributed by atoms with Crippen molar-refractivity contribution in [2.45, 2.75) is 56.9 Å². The van der Waals surface area contributed by atoms with E-state index in [0.29, 0.717) is 11.5 Å². The maximum Gasteiger partial charge on any atom is 0.0161 e. The normalized spacial score (nSPS) is 19.6. The van der Waals surface area contributed by atoms with Crippen LogP contribution in [-0.2, 0) is 5.41 Å². The van der Waals surface area contributed by atoms with Crippen molar-refractivity contribution in [1.29, 1.82) is 0 Å². The Morgan fingerprint density at radius 3 is 2.41 bits per heavy atom. The van der Waals surface area contributed by atoms with E-state index < -0.39 is 0 Å². The smallest absolute Gasteiger partial charge is 0.0161 e. The van der Waals surface area contributed by atoms with E-state index >= 15 is 0 Å². The zero-order valence-corrected chi connectivity index (χ0v) is 11.2. The van der Waals surface area contributed by atoms with Gasteiger partial charge in [0.25, 0.3) is 0 Å². The summed E-state index contributed by atoms with van der Waals surface area (Å²) < 4.78 is 0. The van der Waals surface area contributed by atoms with Crippen LogP contribution in [0.3, 0.4) is 0 Å². The third-order valence-corrected chi connectivity index (χ3v) is 4.46. The molecular formula is C16H25N. The zero-order chi connectivity index (χ0) is 12.1. The largest absolute Gasteiger partial charge is 0.316 e. The number of likely N-dealkylation sites (N-methyl/N-ethyl adjacent to an activating group) is 1. The lowest BCUT2D eigenvalue weighted by Crippen LogP contribution is -2.51. The van der Waals surface area contributed by atoms with Gasteiger partial charge in [-0.05, 0) is 31.9 Å². The molecule has 1 aliphatic rings. The lowest BCUT2D eigenvalue weighted by atomic mass is 9.59. The molecule has 1 unspecified atom stereocenters. The highest BCUT2D eigenvalue weighted by Crippen LogP contribution is 2.47. The van der Waals surface area contributed by atoms with E-state index in [1.165, 1.54) is 38.5 Å². The van der Waals surface area contributed by atoms with E-state index in [-0.39, 0.29) is 0 Å². The topological polar surface area (TPSA) is 12.0 Å². The monoisotopic (exact) mass is 231 g/mol. The Hall–Kier alpha value is -0.820. The minimum atomic E-state index is 0.422. The predicted octanol–water partition coefficient (Wildman–Crippen LogP) is 3.89. The second kappa shape index (κ2) is 5.68. The summed E-state index contributed by atoms with van der Waals surface area (Å²) in [4.78, 5) is 0. The molecule has 0 aliphatic heterocycles. The molecule has 1 atom stereocenters. The van der Waals surface area contributed by atoms with Crippen LogP contribution in [-0.4, -0.2) is 13.1 Å². The van der Waals surface area contributed by atoms with Crippen LogP contribution in [0, 0.1) is 0 Å². The van der Waals surface area contributed by atoms with Crippen LogP contribution in [0.5, 0.6) is 0 Å². The quantitative estimate of drug-likeness (QED) is 0.783. The third-order valence-electron chi connectivity index (χ3n) is 4.46. The molecule has 17 heavy (non-hydrogen) atoms. The van der Waals surface area contributed by atoms with Crippen molar-refractivity contribution in [3.05, 3.63) is 35.9 Å². The van der Waals surface area contributed by atoms with Crippen LogP contribution in [0.4, 0.5) is 0 Å². The predicted molar refractivity (Wildman–Crippen MR) is 74.3 cm³/mol. The number of unbranched alkanes of at least 4 members (excludes halogenated alkanes) is 1. The van der Waals surface area contributed by atoms with Crippen LogP contribution in [0.15, 0.2) is 30.3 Å². The molecule has 2 rings (SSSR count). The fourth-order valence-electron chi connectivity index (χ4n) is 3.27. The molecular weight excluding hydrogens is 206 g/mol. The average molecular weight is 231 g/mol. The van der Waals surface area contributed by atoms with Gasteiger partial charge in [-0.25, -0.2) is 0 Å². The lowest BCUT2D eigenvalue weighted by Gasteiger charge is -2.48. The SMILES string of the molecule is CCCCC(NC)C1(c2ccccc2)CCC1. The Morgan fingerprint density at radius 2 is 1.94 bits per heavy atom. The molecule has 1 N–H and O–H groups in total. The number of nitrogens with one attached hydrogen (secondary N) is 1.